The van der Waals surface area contributed by atoms with E-state index in [4.69, 9.17) is 5.73 Å². The molecule has 1 fully saturated rings. The van der Waals surface area contributed by atoms with E-state index in [9.17, 15) is 32.7 Å². The van der Waals surface area contributed by atoms with Gasteiger partial charge in [-0.05, 0) is 41.7 Å². The molecule has 5 N–H and O–H groups in total. The summed E-state index contributed by atoms with van der Waals surface area (Å²) in [7, 11) is 0. The summed E-state index contributed by atoms with van der Waals surface area (Å²) in [6, 6.07) is 4.72. The Labute approximate surface area is 249 Å². The van der Waals surface area contributed by atoms with Crippen molar-refractivity contribution < 1.29 is 32.7 Å². The number of carboxylic acids is 1. The van der Waals surface area contributed by atoms with Gasteiger partial charge in [-0.1, -0.05) is 35.8 Å². The van der Waals surface area contributed by atoms with E-state index < -0.39 is 52.7 Å². The molecule has 3 rings (SSSR count). The molecule has 1 unspecified atom stereocenters. The molecule has 0 aromatic heterocycles. The molecule has 1 aliphatic rings. The summed E-state index contributed by atoms with van der Waals surface area (Å²) in [6.45, 7) is 3.98. The first-order chi connectivity index (χ1) is 18.4. The Bertz CT molecular complexity index is 1240. The van der Waals surface area contributed by atoms with Gasteiger partial charge in [0.2, 0.25) is 5.91 Å². The van der Waals surface area contributed by atoms with Crippen LogP contribution in [0.15, 0.2) is 34.8 Å². The minimum absolute atomic E-state index is 0. The largest absolute Gasteiger partial charge is 0.480 e. The Balaban J connectivity index is 0.00000560. The van der Waals surface area contributed by atoms with Crippen LogP contribution in [-0.4, -0.2) is 57.5 Å². The van der Waals surface area contributed by atoms with Gasteiger partial charge in [0.15, 0.2) is 17.0 Å². The van der Waals surface area contributed by atoms with Crippen LogP contribution in [0, 0.1) is 23.4 Å². The zero-order valence-electron chi connectivity index (χ0n) is 21.8. The quantitative estimate of drug-likeness (QED) is 0.264. The maximum absolute atomic E-state index is 14.0. The molecule has 40 heavy (non-hydrogen) atoms. The fraction of sp³-hybridized carbons (Fsp3) is 0.423. The number of carbonyl (C=O) groups excluding carboxylic acids is 2. The van der Waals surface area contributed by atoms with Crippen molar-refractivity contribution in [2.45, 2.75) is 50.7 Å². The molecule has 8 nitrogen and oxygen atoms in total. The highest BCUT2D eigenvalue weighted by Crippen LogP contribution is 2.27. The van der Waals surface area contributed by atoms with E-state index >= 15 is 0 Å². The second-order valence-corrected chi connectivity index (χ2v) is 11.7. The molecule has 220 valence electrons. The van der Waals surface area contributed by atoms with Crippen molar-refractivity contribution in [3.05, 3.63) is 63.4 Å². The molecule has 0 aliphatic carbocycles. The van der Waals surface area contributed by atoms with Gasteiger partial charge in [0.1, 0.15) is 11.9 Å². The number of thioether (sulfide) groups is 1. The van der Waals surface area contributed by atoms with Gasteiger partial charge in [-0.15, -0.1) is 24.2 Å². The first kappa shape index (κ1) is 33.7. The zero-order valence-corrected chi connectivity index (χ0v) is 25.0. The first-order valence-corrected chi connectivity index (χ1v) is 14.1. The number of carbonyl (C=O) groups is 3. The van der Waals surface area contributed by atoms with Gasteiger partial charge in [0, 0.05) is 47.5 Å². The smallest absolute Gasteiger partial charge is 0.326 e. The third-order valence-electron chi connectivity index (χ3n) is 6.21. The second-order valence-electron chi connectivity index (χ2n) is 9.56. The van der Waals surface area contributed by atoms with E-state index in [0.717, 1.165) is 10.5 Å². The molecular formula is C26H31BrClF3N4O4S. The van der Waals surface area contributed by atoms with Crippen LogP contribution in [0.1, 0.15) is 31.4 Å². The van der Waals surface area contributed by atoms with E-state index in [1.165, 1.54) is 16.7 Å². The van der Waals surface area contributed by atoms with Crippen LogP contribution < -0.4 is 16.4 Å². The fourth-order valence-electron chi connectivity index (χ4n) is 4.15. The summed E-state index contributed by atoms with van der Waals surface area (Å²) in [6.07, 6.45) is -0.394. The topological polar surface area (TPSA) is 125 Å². The fourth-order valence-corrected chi connectivity index (χ4v) is 5.67. The van der Waals surface area contributed by atoms with Gasteiger partial charge in [-0.3, -0.25) is 9.59 Å². The van der Waals surface area contributed by atoms with E-state index in [1.54, 1.807) is 32.0 Å². The molecule has 1 saturated heterocycles. The van der Waals surface area contributed by atoms with E-state index in [1.807, 2.05) is 0 Å². The number of hydrogen-bond acceptors (Lipinski definition) is 6. The monoisotopic (exact) mass is 666 g/mol. The Morgan fingerprint density at radius 1 is 1.12 bits per heavy atom. The molecule has 0 saturated carbocycles. The molecule has 2 aromatic carbocycles. The van der Waals surface area contributed by atoms with Crippen LogP contribution >= 0.6 is 40.1 Å². The van der Waals surface area contributed by atoms with Crippen molar-refractivity contribution in [1.29, 1.82) is 0 Å². The summed E-state index contributed by atoms with van der Waals surface area (Å²) in [5.41, 5.74) is 7.08. The molecule has 2 aromatic rings. The minimum atomic E-state index is -1.31. The molecule has 1 heterocycles. The summed E-state index contributed by atoms with van der Waals surface area (Å²) < 4.78 is 41.4. The van der Waals surface area contributed by atoms with Crippen molar-refractivity contribution in [2.75, 3.05) is 17.6 Å². The van der Waals surface area contributed by atoms with Crippen molar-refractivity contribution in [3.63, 3.8) is 0 Å². The number of hydrogen-bond donors (Lipinski definition) is 4. The lowest BCUT2D eigenvalue weighted by molar-refractivity contribution is -0.138. The van der Waals surface area contributed by atoms with Crippen LogP contribution in [0.25, 0.3) is 0 Å². The molecule has 1 aliphatic heterocycles. The average molecular weight is 668 g/mol. The van der Waals surface area contributed by atoms with Gasteiger partial charge in [-0.25, -0.2) is 18.0 Å². The number of aliphatic carboxylic acids is 1. The Kier molecular flexibility index (Phi) is 12.6. The number of anilines is 1. The lowest BCUT2D eigenvalue weighted by Gasteiger charge is -2.25. The molecule has 3 atom stereocenters. The number of halogens is 5. The lowest BCUT2D eigenvalue weighted by Crippen LogP contribution is -2.46. The average Bonchev–Trinajstić information content (AvgIpc) is 3.35. The third-order valence-corrected chi connectivity index (χ3v) is 7.91. The maximum Gasteiger partial charge on any atom is 0.326 e. The van der Waals surface area contributed by atoms with Crippen molar-refractivity contribution in [2.24, 2.45) is 11.7 Å². The van der Waals surface area contributed by atoms with Crippen LogP contribution in [0.4, 0.5) is 18.9 Å². The van der Waals surface area contributed by atoms with E-state index in [0.29, 0.717) is 29.6 Å². The van der Waals surface area contributed by atoms with Gasteiger partial charge in [0.25, 0.3) is 5.91 Å². The van der Waals surface area contributed by atoms with Gasteiger partial charge >= 0.3 is 5.97 Å². The van der Waals surface area contributed by atoms with Crippen LogP contribution in [0.3, 0.4) is 0 Å². The first-order valence-electron chi connectivity index (χ1n) is 12.2. The molecular weight excluding hydrogens is 637 g/mol. The van der Waals surface area contributed by atoms with Crippen LogP contribution in [0.2, 0.25) is 0 Å². The van der Waals surface area contributed by atoms with Gasteiger partial charge in [-0.2, -0.15) is 0 Å². The predicted octanol–water partition coefficient (Wildman–Crippen LogP) is 4.29. The Morgan fingerprint density at radius 3 is 2.45 bits per heavy atom. The summed E-state index contributed by atoms with van der Waals surface area (Å²) >= 11 is 4.66. The van der Waals surface area contributed by atoms with Crippen molar-refractivity contribution in [3.8, 4) is 0 Å². The van der Waals surface area contributed by atoms with Crippen LogP contribution in [0.5, 0.6) is 0 Å². The summed E-state index contributed by atoms with van der Waals surface area (Å²) in [4.78, 5) is 39.0. The number of amides is 2. The number of nitrogens with one attached hydrogen (secondary N) is 2. The standard InChI is InChI=1S/C26H30BrF3N4O4S.ClH/c1-13(2)23(26(37)38)33-21-9-16(27)4-3-14(21)12-32-24(36)25-34(5-6-39-25)22(35)10-17(31)7-15-8-19(29)20(30)11-18(15)28;/h3-4,8-9,11,13,17,23,25,33H,5-7,10,12,31H2,1-2H3,(H,32,36)(H,37,38);1H/t17-,23+,25?;/m1./s1. The summed E-state index contributed by atoms with van der Waals surface area (Å²) in [5, 5.41) is 14.6. The number of nitrogens with zero attached hydrogens (tertiary/aromatic N) is 1. The molecule has 0 bridgehead atoms. The SMILES string of the molecule is CC(C)[C@H](Nc1cc(Br)ccc1CNC(=O)C1SCCN1C(=O)C[C@H](N)Cc1cc(F)c(F)cc1F)C(=O)O.Cl. The number of carboxylic acid groups (broad SMARTS) is 1. The second kappa shape index (κ2) is 14.9. The van der Waals surface area contributed by atoms with E-state index in [2.05, 4.69) is 26.6 Å². The van der Waals surface area contributed by atoms with Gasteiger partial charge < -0.3 is 26.4 Å². The molecule has 14 heteroatoms. The minimum Gasteiger partial charge on any atom is -0.480 e. The van der Waals surface area contributed by atoms with Gasteiger partial charge in [0.05, 0.1) is 0 Å². The normalized spacial score (nSPS) is 16.3. The van der Waals surface area contributed by atoms with E-state index in [-0.39, 0.29) is 43.3 Å². The summed E-state index contributed by atoms with van der Waals surface area (Å²) in [5.74, 6) is -4.94. The highest BCUT2D eigenvalue weighted by Gasteiger charge is 2.35. The zero-order chi connectivity index (χ0) is 28.9. The van der Waals surface area contributed by atoms with Crippen molar-refractivity contribution in [1.82, 2.24) is 10.2 Å². The number of rotatable bonds is 11. The maximum atomic E-state index is 14.0. The molecule has 2 amide bonds. The highest BCUT2D eigenvalue weighted by molar-refractivity contribution is 9.10. The number of benzene rings is 2. The number of nitrogens with two attached hydrogens (primary N) is 1. The molecule has 0 spiro atoms. The molecule has 0 radical (unpaired) electrons. The predicted molar refractivity (Wildman–Crippen MR) is 154 cm³/mol. The third kappa shape index (κ3) is 8.76. The van der Waals surface area contributed by atoms with Crippen molar-refractivity contribution >= 4 is 63.6 Å². The highest BCUT2D eigenvalue weighted by atomic mass is 79.9. The Morgan fingerprint density at radius 2 is 1.80 bits per heavy atom. The lowest BCUT2D eigenvalue weighted by atomic mass is 10.0. The van der Waals surface area contributed by atoms with Crippen LogP contribution in [-0.2, 0) is 27.3 Å². The Hall–Kier alpha value is -2.48.